The topological polar surface area (TPSA) is 32.8 Å². The first-order valence-corrected chi connectivity index (χ1v) is 8.36. The second-order valence-electron chi connectivity index (χ2n) is 5.07. The SMILES string of the molecule is COc1ccc(N2CCN(C(=O)c3sccc3Cl)CC2)cc1. The predicted molar refractivity (Wildman–Crippen MR) is 90.4 cm³/mol. The molecule has 6 heteroatoms. The summed E-state index contributed by atoms with van der Waals surface area (Å²) in [6, 6.07) is 9.78. The van der Waals surface area contributed by atoms with Gasteiger partial charge in [-0.05, 0) is 35.7 Å². The number of piperazine rings is 1. The van der Waals surface area contributed by atoms with Crippen molar-refractivity contribution in [2.24, 2.45) is 0 Å². The molecule has 2 aromatic rings. The van der Waals surface area contributed by atoms with Crippen molar-refractivity contribution in [1.82, 2.24) is 4.90 Å². The van der Waals surface area contributed by atoms with Crippen LogP contribution in [0.1, 0.15) is 9.67 Å². The highest BCUT2D eigenvalue weighted by atomic mass is 35.5. The lowest BCUT2D eigenvalue weighted by atomic mass is 10.2. The Morgan fingerprint density at radius 3 is 2.36 bits per heavy atom. The smallest absolute Gasteiger partial charge is 0.265 e. The Morgan fingerprint density at radius 1 is 1.14 bits per heavy atom. The van der Waals surface area contributed by atoms with Crippen molar-refractivity contribution in [1.29, 1.82) is 0 Å². The number of hydrogen-bond acceptors (Lipinski definition) is 4. The minimum Gasteiger partial charge on any atom is -0.497 e. The van der Waals surface area contributed by atoms with E-state index in [4.69, 9.17) is 16.3 Å². The van der Waals surface area contributed by atoms with Crippen LogP contribution in [0.2, 0.25) is 5.02 Å². The fourth-order valence-electron chi connectivity index (χ4n) is 2.55. The van der Waals surface area contributed by atoms with E-state index in [0.717, 1.165) is 24.5 Å². The maximum atomic E-state index is 12.4. The number of carbonyl (C=O) groups excluding carboxylic acids is 1. The van der Waals surface area contributed by atoms with Gasteiger partial charge in [0.15, 0.2) is 0 Å². The first-order chi connectivity index (χ1) is 10.7. The molecular formula is C16H17ClN2O2S. The van der Waals surface area contributed by atoms with E-state index in [0.29, 0.717) is 23.0 Å². The molecule has 0 atom stereocenters. The number of benzene rings is 1. The van der Waals surface area contributed by atoms with Gasteiger partial charge in [-0.1, -0.05) is 11.6 Å². The molecule has 0 N–H and O–H groups in total. The third-order valence-electron chi connectivity index (χ3n) is 3.82. The number of thiophene rings is 1. The molecule has 2 heterocycles. The van der Waals surface area contributed by atoms with Crippen molar-refractivity contribution in [3.63, 3.8) is 0 Å². The zero-order valence-electron chi connectivity index (χ0n) is 12.3. The van der Waals surface area contributed by atoms with Gasteiger partial charge in [-0.2, -0.15) is 0 Å². The van der Waals surface area contributed by atoms with Crippen molar-refractivity contribution >= 4 is 34.5 Å². The van der Waals surface area contributed by atoms with Crippen LogP contribution in [-0.4, -0.2) is 44.1 Å². The Labute approximate surface area is 138 Å². The van der Waals surface area contributed by atoms with Crippen molar-refractivity contribution in [3.8, 4) is 5.75 Å². The first-order valence-electron chi connectivity index (χ1n) is 7.10. The Hall–Kier alpha value is -1.72. The summed E-state index contributed by atoms with van der Waals surface area (Å²) in [5.41, 5.74) is 1.15. The molecular weight excluding hydrogens is 320 g/mol. The maximum Gasteiger partial charge on any atom is 0.265 e. The molecule has 1 fully saturated rings. The monoisotopic (exact) mass is 336 g/mol. The summed E-state index contributed by atoms with van der Waals surface area (Å²) in [4.78, 5) is 17.2. The van der Waals surface area contributed by atoms with Crippen LogP contribution in [-0.2, 0) is 0 Å². The normalized spacial score (nSPS) is 15.0. The second kappa shape index (κ2) is 6.58. The molecule has 0 saturated carbocycles. The predicted octanol–water partition coefficient (Wildman–Crippen LogP) is 3.37. The average Bonchev–Trinajstić information content (AvgIpc) is 3.00. The van der Waals surface area contributed by atoms with Crippen LogP contribution in [0.5, 0.6) is 5.75 Å². The summed E-state index contributed by atoms with van der Waals surface area (Å²) in [6.45, 7) is 3.06. The lowest BCUT2D eigenvalue weighted by Gasteiger charge is -2.36. The van der Waals surface area contributed by atoms with Crippen LogP contribution in [0.4, 0.5) is 5.69 Å². The van der Waals surface area contributed by atoms with Gasteiger partial charge in [-0.3, -0.25) is 4.79 Å². The summed E-state index contributed by atoms with van der Waals surface area (Å²) < 4.78 is 5.17. The van der Waals surface area contributed by atoms with E-state index < -0.39 is 0 Å². The first kappa shape index (κ1) is 15.2. The van der Waals surface area contributed by atoms with Crippen LogP contribution in [0.15, 0.2) is 35.7 Å². The van der Waals surface area contributed by atoms with E-state index in [1.165, 1.54) is 11.3 Å². The molecule has 0 bridgehead atoms. The molecule has 0 radical (unpaired) electrons. The van der Waals surface area contributed by atoms with Gasteiger partial charge in [-0.15, -0.1) is 11.3 Å². The second-order valence-corrected chi connectivity index (χ2v) is 6.40. The van der Waals surface area contributed by atoms with Crippen LogP contribution in [0.25, 0.3) is 0 Å². The van der Waals surface area contributed by atoms with Gasteiger partial charge in [0.25, 0.3) is 5.91 Å². The van der Waals surface area contributed by atoms with Gasteiger partial charge in [-0.25, -0.2) is 0 Å². The van der Waals surface area contributed by atoms with Crippen LogP contribution >= 0.6 is 22.9 Å². The average molecular weight is 337 g/mol. The number of methoxy groups -OCH3 is 1. The lowest BCUT2D eigenvalue weighted by molar-refractivity contribution is 0.0752. The molecule has 0 unspecified atom stereocenters. The zero-order valence-corrected chi connectivity index (χ0v) is 13.9. The van der Waals surface area contributed by atoms with Gasteiger partial charge in [0.05, 0.1) is 12.1 Å². The highest BCUT2D eigenvalue weighted by molar-refractivity contribution is 7.12. The Bertz CT molecular complexity index is 648. The van der Waals surface area contributed by atoms with E-state index >= 15 is 0 Å². The summed E-state index contributed by atoms with van der Waals surface area (Å²) in [6.07, 6.45) is 0. The highest BCUT2D eigenvalue weighted by Gasteiger charge is 2.24. The number of ether oxygens (including phenoxy) is 1. The number of nitrogens with zero attached hydrogens (tertiary/aromatic N) is 2. The van der Waals surface area contributed by atoms with Gasteiger partial charge in [0, 0.05) is 31.9 Å². The van der Waals surface area contributed by atoms with Gasteiger partial charge in [0.2, 0.25) is 0 Å². The van der Waals surface area contributed by atoms with Crippen molar-refractivity contribution in [3.05, 3.63) is 45.6 Å². The Balaban J connectivity index is 1.62. The summed E-state index contributed by atoms with van der Waals surface area (Å²) >= 11 is 7.45. The molecule has 3 rings (SSSR count). The molecule has 1 aliphatic rings. The molecule has 22 heavy (non-hydrogen) atoms. The summed E-state index contributed by atoms with van der Waals surface area (Å²) in [5, 5.41) is 2.40. The molecule has 1 aromatic heterocycles. The molecule has 0 spiro atoms. The molecule has 4 nitrogen and oxygen atoms in total. The third-order valence-corrected chi connectivity index (χ3v) is 5.15. The summed E-state index contributed by atoms with van der Waals surface area (Å²) in [7, 11) is 1.66. The van der Waals surface area contributed by atoms with E-state index in [-0.39, 0.29) is 5.91 Å². The van der Waals surface area contributed by atoms with E-state index in [1.807, 2.05) is 34.5 Å². The largest absolute Gasteiger partial charge is 0.497 e. The highest BCUT2D eigenvalue weighted by Crippen LogP contribution is 2.25. The van der Waals surface area contributed by atoms with E-state index in [9.17, 15) is 4.79 Å². The number of anilines is 1. The van der Waals surface area contributed by atoms with Gasteiger partial charge >= 0.3 is 0 Å². The molecule has 1 amide bonds. The number of hydrogen-bond donors (Lipinski definition) is 0. The van der Waals surface area contributed by atoms with E-state index in [1.54, 1.807) is 13.2 Å². The molecule has 1 saturated heterocycles. The third kappa shape index (κ3) is 3.05. The Morgan fingerprint density at radius 2 is 1.82 bits per heavy atom. The zero-order chi connectivity index (χ0) is 15.5. The standard InChI is InChI=1S/C16H17ClN2O2S/c1-21-13-4-2-12(3-5-13)18-7-9-19(10-8-18)16(20)15-14(17)6-11-22-15/h2-6,11H,7-10H2,1H3. The molecule has 1 aliphatic heterocycles. The number of carbonyl (C=O) groups is 1. The van der Waals surface area contributed by atoms with Gasteiger partial charge < -0.3 is 14.5 Å². The van der Waals surface area contributed by atoms with Crippen molar-refractivity contribution in [2.45, 2.75) is 0 Å². The van der Waals surface area contributed by atoms with Gasteiger partial charge in [0.1, 0.15) is 10.6 Å². The lowest BCUT2D eigenvalue weighted by Crippen LogP contribution is -2.48. The van der Waals surface area contributed by atoms with Crippen molar-refractivity contribution < 1.29 is 9.53 Å². The maximum absolute atomic E-state index is 12.4. The van der Waals surface area contributed by atoms with Crippen LogP contribution in [0, 0.1) is 0 Å². The number of halogens is 1. The molecule has 0 aliphatic carbocycles. The quantitative estimate of drug-likeness (QED) is 0.861. The number of rotatable bonds is 3. The fourth-order valence-corrected chi connectivity index (χ4v) is 3.65. The van der Waals surface area contributed by atoms with E-state index in [2.05, 4.69) is 4.90 Å². The van der Waals surface area contributed by atoms with Crippen molar-refractivity contribution in [2.75, 3.05) is 38.2 Å². The summed E-state index contributed by atoms with van der Waals surface area (Å²) in [5.74, 6) is 0.888. The van der Waals surface area contributed by atoms with Crippen LogP contribution in [0.3, 0.4) is 0 Å². The molecule has 1 aromatic carbocycles. The minimum absolute atomic E-state index is 0.0365. The minimum atomic E-state index is 0.0365. The van der Waals surface area contributed by atoms with Crippen LogP contribution < -0.4 is 9.64 Å². The number of amides is 1. The fraction of sp³-hybridized carbons (Fsp3) is 0.312. The molecule has 116 valence electrons. The Kier molecular flexibility index (Phi) is 4.55.